The molecule has 3 heteroatoms. The molecule has 2 aromatic carbocycles. The number of aryl methyl sites for hydroxylation is 1. The molecule has 1 amide bonds. The Kier molecular flexibility index (Phi) is 4.91. The van der Waals surface area contributed by atoms with E-state index in [4.69, 9.17) is 5.73 Å². The molecule has 0 radical (unpaired) electrons. The standard InChI is InChI=1S/C17H20N2O/c1-13-4-2-3-5-16(13)17(20)19-12-15-8-6-14(7-9-15)10-11-18/h2-9H,10-12,18H2,1H3,(H,19,20). The number of hydrogen-bond acceptors (Lipinski definition) is 2. The molecule has 3 N–H and O–H groups in total. The van der Waals surface area contributed by atoms with Crippen LogP contribution in [0.2, 0.25) is 0 Å². The van der Waals surface area contributed by atoms with Crippen LogP contribution in [-0.2, 0) is 13.0 Å². The average Bonchev–Trinajstić information content (AvgIpc) is 2.47. The first kappa shape index (κ1) is 14.3. The summed E-state index contributed by atoms with van der Waals surface area (Å²) in [5, 5.41) is 2.94. The number of benzene rings is 2. The quantitative estimate of drug-likeness (QED) is 0.875. The highest BCUT2D eigenvalue weighted by Crippen LogP contribution is 2.08. The SMILES string of the molecule is Cc1ccccc1C(=O)NCc1ccc(CCN)cc1. The Balaban J connectivity index is 1.95. The molecule has 0 heterocycles. The van der Waals surface area contributed by atoms with E-state index >= 15 is 0 Å². The summed E-state index contributed by atoms with van der Waals surface area (Å²) in [4.78, 5) is 12.1. The average molecular weight is 268 g/mol. The molecule has 104 valence electrons. The highest BCUT2D eigenvalue weighted by molar-refractivity contribution is 5.95. The fourth-order valence-electron chi connectivity index (χ4n) is 2.10. The maximum absolute atomic E-state index is 12.1. The van der Waals surface area contributed by atoms with Gasteiger partial charge in [-0.3, -0.25) is 4.79 Å². The number of carbonyl (C=O) groups excluding carboxylic acids is 1. The van der Waals surface area contributed by atoms with Crippen molar-refractivity contribution in [2.24, 2.45) is 5.73 Å². The van der Waals surface area contributed by atoms with E-state index in [2.05, 4.69) is 17.4 Å². The van der Waals surface area contributed by atoms with Gasteiger partial charge in [-0.15, -0.1) is 0 Å². The monoisotopic (exact) mass is 268 g/mol. The van der Waals surface area contributed by atoms with Crippen LogP contribution >= 0.6 is 0 Å². The molecule has 3 nitrogen and oxygen atoms in total. The summed E-state index contributed by atoms with van der Waals surface area (Å²) in [5.74, 6) is -0.0332. The van der Waals surface area contributed by atoms with Gasteiger partial charge in [0.2, 0.25) is 0 Å². The van der Waals surface area contributed by atoms with Crippen LogP contribution in [0.25, 0.3) is 0 Å². The molecule has 20 heavy (non-hydrogen) atoms. The van der Waals surface area contributed by atoms with Gasteiger partial charge in [0.1, 0.15) is 0 Å². The van der Waals surface area contributed by atoms with Crippen LogP contribution in [-0.4, -0.2) is 12.5 Å². The van der Waals surface area contributed by atoms with E-state index < -0.39 is 0 Å². The van der Waals surface area contributed by atoms with Gasteiger partial charge in [0, 0.05) is 12.1 Å². The van der Waals surface area contributed by atoms with Gasteiger partial charge in [-0.2, -0.15) is 0 Å². The van der Waals surface area contributed by atoms with Crippen molar-refractivity contribution in [1.82, 2.24) is 5.32 Å². The molecule has 0 atom stereocenters. The molecular formula is C17H20N2O. The van der Waals surface area contributed by atoms with Crippen molar-refractivity contribution >= 4 is 5.91 Å². The lowest BCUT2D eigenvalue weighted by molar-refractivity contribution is 0.0950. The number of carbonyl (C=O) groups is 1. The van der Waals surface area contributed by atoms with Crippen molar-refractivity contribution < 1.29 is 4.79 Å². The van der Waals surface area contributed by atoms with Crippen molar-refractivity contribution in [1.29, 1.82) is 0 Å². The summed E-state index contributed by atoms with van der Waals surface area (Å²) in [6.07, 6.45) is 0.885. The third kappa shape index (κ3) is 3.68. The molecule has 0 unspecified atom stereocenters. The van der Waals surface area contributed by atoms with Gasteiger partial charge in [0.25, 0.3) is 5.91 Å². The lowest BCUT2D eigenvalue weighted by Gasteiger charge is -2.08. The zero-order valence-corrected chi connectivity index (χ0v) is 11.7. The van der Waals surface area contributed by atoms with Crippen LogP contribution in [0.5, 0.6) is 0 Å². The third-order valence-electron chi connectivity index (χ3n) is 3.30. The van der Waals surface area contributed by atoms with Crippen molar-refractivity contribution in [2.45, 2.75) is 19.9 Å². The Hall–Kier alpha value is -2.13. The normalized spacial score (nSPS) is 10.3. The Morgan fingerprint density at radius 2 is 1.70 bits per heavy atom. The molecule has 0 spiro atoms. The molecule has 0 aliphatic heterocycles. The second-order valence-corrected chi connectivity index (χ2v) is 4.85. The molecular weight excluding hydrogens is 248 g/mol. The zero-order valence-electron chi connectivity index (χ0n) is 11.7. The van der Waals surface area contributed by atoms with Gasteiger partial charge in [-0.05, 0) is 42.6 Å². The van der Waals surface area contributed by atoms with Gasteiger partial charge < -0.3 is 11.1 Å². The topological polar surface area (TPSA) is 55.1 Å². The van der Waals surface area contributed by atoms with Crippen LogP contribution in [0, 0.1) is 6.92 Å². The summed E-state index contributed by atoms with van der Waals surface area (Å²) in [6, 6.07) is 15.8. The Morgan fingerprint density at radius 1 is 1.05 bits per heavy atom. The Bertz CT molecular complexity index is 576. The van der Waals surface area contributed by atoms with E-state index in [0.717, 1.165) is 23.1 Å². The smallest absolute Gasteiger partial charge is 0.251 e. The number of rotatable bonds is 5. The summed E-state index contributed by atoms with van der Waals surface area (Å²) in [7, 11) is 0. The number of hydrogen-bond donors (Lipinski definition) is 2. The molecule has 0 aliphatic carbocycles. The molecule has 0 saturated carbocycles. The lowest BCUT2D eigenvalue weighted by atomic mass is 10.1. The first-order valence-corrected chi connectivity index (χ1v) is 6.82. The van der Waals surface area contributed by atoms with Gasteiger partial charge in [-0.1, -0.05) is 42.5 Å². The molecule has 2 aromatic rings. The lowest BCUT2D eigenvalue weighted by Crippen LogP contribution is -2.23. The van der Waals surface area contributed by atoms with E-state index in [1.807, 2.05) is 43.3 Å². The largest absolute Gasteiger partial charge is 0.348 e. The maximum Gasteiger partial charge on any atom is 0.251 e. The highest BCUT2D eigenvalue weighted by atomic mass is 16.1. The summed E-state index contributed by atoms with van der Waals surface area (Å²) >= 11 is 0. The van der Waals surface area contributed by atoms with Crippen molar-refractivity contribution in [3.8, 4) is 0 Å². The zero-order chi connectivity index (χ0) is 14.4. The van der Waals surface area contributed by atoms with Crippen LogP contribution < -0.4 is 11.1 Å². The predicted molar refractivity (Wildman–Crippen MR) is 81.5 cm³/mol. The first-order chi connectivity index (χ1) is 9.70. The van der Waals surface area contributed by atoms with Crippen molar-refractivity contribution in [3.63, 3.8) is 0 Å². The molecule has 0 saturated heterocycles. The predicted octanol–water partition coefficient (Wildman–Crippen LogP) is 2.43. The fraction of sp³-hybridized carbons (Fsp3) is 0.235. The Labute approximate surface area is 119 Å². The van der Waals surface area contributed by atoms with Crippen molar-refractivity contribution in [3.05, 3.63) is 70.8 Å². The van der Waals surface area contributed by atoms with Crippen LogP contribution in [0.15, 0.2) is 48.5 Å². The van der Waals surface area contributed by atoms with Gasteiger partial charge in [0.15, 0.2) is 0 Å². The fourth-order valence-corrected chi connectivity index (χ4v) is 2.10. The summed E-state index contributed by atoms with van der Waals surface area (Å²) in [5.41, 5.74) is 9.55. The number of nitrogens with one attached hydrogen (secondary N) is 1. The second kappa shape index (κ2) is 6.87. The molecule has 2 rings (SSSR count). The van der Waals surface area contributed by atoms with Gasteiger partial charge in [-0.25, -0.2) is 0 Å². The highest BCUT2D eigenvalue weighted by Gasteiger charge is 2.07. The summed E-state index contributed by atoms with van der Waals surface area (Å²) < 4.78 is 0. The molecule has 0 aliphatic rings. The van der Waals surface area contributed by atoms with Crippen LogP contribution in [0.4, 0.5) is 0 Å². The van der Waals surface area contributed by atoms with Gasteiger partial charge in [0.05, 0.1) is 0 Å². The van der Waals surface area contributed by atoms with E-state index in [1.54, 1.807) is 0 Å². The van der Waals surface area contributed by atoms with E-state index in [-0.39, 0.29) is 5.91 Å². The summed E-state index contributed by atoms with van der Waals surface area (Å²) in [6.45, 7) is 3.13. The minimum atomic E-state index is -0.0332. The molecule has 0 bridgehead atoms. The van der Waals surface area contributed by atoms with Gasteiger partial charge >= 0.3 is 0 Å². The van der Waals surface area contributed by atoms with E-state index in [1.165, 1.54) is 5.56 Å². The molecule has 0 aromatic heterocycles. The maximum atomic E-state index is 12.1. The number of amides is 1. The number of nitrogens with two attached hydrogens (primary N) is 1. The Morgan fingerprint density at radius 3 is 2.35 bits per heavy atom. The minimum absolute atomic E-state index is 0.0332. The van der Waals surface area contributed by atoms with E-state index in [0.29, 0.717) is 13.1 Å². The van der Waals surface area contributed by atoms with Crippen LogP contribution in [0.1, 0.15) is 27.0 Å². The third-order valence-corrected chi connectivity index (χ3v) is 3.30. The van der Waals surface area contributed by atoms with Crippen molar-refractivity contribution in [2.75, 3.05) is 6.54 Å². The van der Waals surface area contributed by atoms with Crippen LogP contribution in [0.3, 0.4) is 0 Å². The minimum Gasteiger partial charge on any atom is -0.348 e. The first-order valence-electron chi connectivity index (χ1n) is 6.82. The molecule has 0 fully saturated rings. The second-order valence-electron chi connectivity index (χ2n) is 4.85. The van der Waals surface area contributed by atoms with E-state index in [9.17, 15) is 4.79 Å².